The van der Waals surface area contributed by atoms with Gasteiger partial charge in [-0.2, -0.15) is 0 Å². The molecule has 0 aliphatic carbocycles. The quantitative estimate of drug-likeness (QED) is 0.544. The summed E-state index contributed by atoms with van der Waals surface area (Å²) in [7, 11) is 0. The average Bonchev–Trinajstić information content (AvgIpc) is 2.41. The first kappa shape index (κ1) is 19.5. The third-order valence-corrected chi connectivity index (χ3v) is 3.89. The molecule has 0 fully saturated rings. The molecule has 0 aliphatic rings. The van der Waals surface area contributed by atoms with Crippen molar-refractivity contribution >= 4 is 5.91 Å². The van der Waals surface area contributed by atoms with Crippen LogP contribution in [0.3, 0.4) is 0 Å². The molecule has 6 N–H and O–H groups in total. The zero-order valence-electron chi connectivity index (χ0n) is 13.7. The maximum atomic E-state index is 13.2. The topological polar surface area (TPSA) is 110 Å². The second-order valence-corrected chi connectivity index (χ2v) is 6.75. The molecule has 0 saturated heterocycles. The molecular formula is C17H27FN2O3. The third kappa shape index (κ3) is 7.54. The van der Waals surface area contributed by atoms with Gasteiger partial charge in [0, 0.05) is 12.0 Å². The highest BCUT2D eigenvalue weighted by Gasteiger charge is 2.26. The molecule has 1 aromatic carbocycles. The summed E-state index contributed by atoms with van der Waals surface area (Å²) in [5.74, 6) is -1.44. The maximum absolute atomic E-state index is 13.2. The molecule has 3 atom stereocenters. The predicted octanol–water partition coefficient (Wildman–Crippen LogP) is 1.10. The Labute approximate surface area is 136 Å². The SMILES string of the molecule is CC(C)(O)CC[C@H](C[C@H](O)[C@@H](N)Cc1cccc(F)c1)C(N)=O. The second kappa shape index (κ2) is 8.38. The fourth-order valence-corrected chi connectivity index (χ4v) is 2.44. The van der Waals surface area contributed by atoms with E-state index >= 15 is 0 Å². The Kier molecular flexibility index (Phi) is 7.12. The van der Waals surface area contributed by atoms with Crippen LogP contribution in [0.2, 0.25) is 0 Å². The molecule has 0 spiro atoms. The van der Waals surface area contributed by atoms with Crippen LogP contribution >= 0.6 is 0 Å². The van der Waals surface area contributed by atoms with Crippen molar-refractivity contribution in [1.82, 2.24) is 0 Å². The number of nitrogens with two attached hydrogens (primary N) is 2. The van der Waals surface area contributed by atoms with Crippen LogP contribution < -0.4 is 11.5 Å². The van der Waals surface area contributed by atoms with Crippen LogP contribution in [0, 0.1) is 11.7 Å². The minimum absolute atomic E-state index is 0.127. The van der Waals surface area contributed by atoms with Crippen molar-refractivity contribution in [2.75, 3.05) is 0 Å². The third-order valence-electron chi connectivity index (χ3n) is 3.89. The number of benzene rings is 1. The summed E-state index contributed by atoms with van der Waals surface area (Å²) >= 11 is 0. The van der Waals surface area contributed by atoms with Crippen molar-refractivity contribution in [3.8, 4) is 0 Å². The Balaban J connectivity index is 2.59. The van der Waals surface area contributed by atoms with E-state index in [1.54, 1.807) is 26.0 Å². The van der Waals surface area contributed by atoms with Crippen LogP contribution in [0.5, 0.6) is 0 Å². The second-order valence-electron chi connectivity index (χ2n) is 6.75. The number of aliphatic hydroxyl groups is 2. The van der Waals surface area contributed by atoms with E-state index in [1.165, 1.54) is 12.1 Å². The summed E-state index contributed by atoms with van der Waals surface area (Å²) in [6.45, 7) is 3.30. The predicted molar refractivity (Wildman–Crippen MR) is 86.9 cm³/mol. The highest BCUT2D eigenvalue weighted by Crippen LogP contribution is 2.21. The molecular weight excluding hydrogens is 299 g/mol. The van der Waals surface area contributed by atoms with Gasteiger partial charge in [0.2, 0.25) is 5.91 Å². The number of hydrogen-bond donors (Lipinski definition) is 4. The molecule has 0 unspecified atom stereocenters. The Hall–Kier alpha value is -1.50. The van der Waals surface area contributed by atoms with Crippen LogP contribution in [0.1, 0.15) is 38.7 Å². The van der Waals surface area contributed by atoms with Gasteiger partial charge in [-0.15, -0.1) is 0 Å². The molecule has 0 aromatic heterocycles. The number of carbonyl (C=O) groups is 1. The van der Waals surface area contributed by atoms with Gasteiger partial charge in [-0.25, -0.2) is 4.39 Å². The van der Waals surface area contributed by atoms with Gasteiger partial charge in [0.15, 0.2) is 0 Å². The first-order valence-corrected chi connectivity index (χ1v) is 7.78. The molecule has 0 radical (unpaired) electrons. The van der Waals surface area contributed by atoms with Crippen LogP contribution in [0.4, 0.5) is 4.39 Å². The van der Waals surface area contributed by atoms with Gasteiger partial charge in [0.05, 0.1) is 11.7 Å². The summed E-state index contributed by atoms with van der Waals surface area (Å²) in [6.07, 6.45) is 0.268. The standard InChI is InChI=1S/C17H27FN2O3/c1-17(2,23)7-6-12(16(20)22)10-15(21)14(19)9-11-4-3-5-13(18)8-11/h3-5,8,12,14-15,21,23H,6-7,9-10,19H2,1-2H3,(H2,20,22)/t12-,14+,15+/m1/s1. The number of hydrogen-bond acceptors (Lipinski definition) is 4. The first-order valence-electron chi connectivity index (χ1n) is 7.78. The molecule has 0 aliphatic heterocycles. The highest BCUT2D eigenvalue weighted by molar-refractivity contribution is 5.76. The van der Waals surface area contributed by atoms with Crippen molar-refractivity contribution in [1.29, 1.82) is 0 Å². The number of amides is 1. The molecule has 1 amide bonds. The van der Waals surface area contributed by atoms with Crippen LogP contribution in [-0.2, 0) is 11.2 Å². The monoisotopic (exact) mass is 326 g/mol. The van der Waals surface area contributed by atoms with E-state index in [2.05, 4.69) is 0 Å². The van der Waals surface area contributed by atoms with Gasteiger partial charge < -0.3 is 21.7 Å². The Bertz CT molecular complexity index is 517. The average molecular weight is 326 g/mol. The van der Waals surface area contributed by atoms with E-state index in [9.17, 15) is 19.4 Å². The van der Waals surface area contributed by atoms with Gasteiger partial charge in [-0.3, -0.25) is 4.79 Å². The summed E-state index contributed by atoms with van der Waals surface area (Å²) in [5, 5.41) is 19.9. The summed E-state index contributed by atoms with van der Waals surface area (Å²) in [6, 6.07) is 5.40. The van der Waals surface area contributed by atoms with Gasteiger partial charge in [-0.05, 0) is 57.2 Å². The van der Waals surface area contributed by atoms with Crippen molar-refractivity contribution in [2.45, 2.75) is 57.3 Å². The van der Waals surface area contributed by atoms with Crippen molar-refractivity contribution in [2.24, 2.45) is 17.4 Å². The highest BCUT2D eigenvalue weighted by atomic mass is 19.1. The largest absolute Gasteiger partial charge is 0.391 e. The van der Waals surface area contributed by atoms with Gasteiger partial charge in [-0.1, -0.05) is 12.1 Å². The molecule has 5 nitrogen and oxygen atoms in total. The number of carbonyl (C=O) groups excluding carboxylic acids is 1. The lowest BCUT2D eigenvalue weighted by Crippen LogP contribution is -2.40. The lowest BCUT2D eigenvalue weighted by atomic mass is 9.88. The molecule has 130 valence electrons. The smallest absolute Gasteiger partial charge is 0.220 e. The van der Waals surface area contributed by atoms with Gasteiger partial charge in [0.25, 0.3) is 0 Å². The minimum atomic E-state index is -0.933. The van der Waals surface area contributed by atoms with Crippen molar-refractivity contribution in [3.63, 3.8) is 0 Å². The maximum Gasteiger partial charge on any atom is 0.220 e. The molecule has 1 aromatic rings. The molecule has 23 heavy (non-hydrogen) atoms. The Morgan fingerprint density at radius 1 is 1.39 bits per heavy atom. The van der Waals surface area contributed by atoms with Gasteiger partial charge >= 0.3 is 0 Å². The van der Waals surface area contributed by atoms with Crippen LogP contribution in [-0.4, -0.2) is 33.9 Å². The number of primary amides is 1. The number of aliphatic hydroxyl groups excluding tert-OH is 1. The summed E-state index contributed by atoms with van der Waals surface area (Å²) < 4.78 is 13.2. The normalized spacial score (nSPS) is 15.9. The van der Waals surface area contributed by atoms with E-state index in [4.69, 9.17) is 11.5 Å². The van der Waals surface area contributed by atoms with Crippen LogP contribution in [0.15, 0.2) is 24.3 Å². The summed E-state index contributed by atoms with van der Waals surface area (Å²) in [5.41, 5.74) is 11.1. The van der Waals surface area contributed by atoms with Crippen LogP contribution in [0.25, 0.3) is 0 Å². The summed E-state index contributed by atoms with van der Waals surface area (Å²) in [4.78, 5) is 11.5. The van der Waals surface area contributed by atoms with E-state index in [-0.39, 0.29) is 12.2 Å². The zero-order chi connectivity index (χ0) is 17.6. The zero-order valence-corrected chi connectivity index (χ0v) is 13.7. The molecule has 6 heteroatoms. The van der Waals surface area contributed by atoms with E-state index in [0.29, 0.717) is 24.8 Å². The van der Waals surface area contributed by atoms with Gasteiger partial charge in [0.1, 0.15) is 5.82 Å². The van der Waals surface area contributed by atoms with E-state index in [0.717, 1.165) is 0 Å². The number of rotatable bonds is 9. The minimum Gasteiger partial charge on any atom is -0.391 e. The molecule has 1 rings (SSSR count). The number of halogens is 1. The fraction of sp³-hybridized carbons (Fsp3) is 0.588. The first-order chi connectivity index (χ1) is 10.6. The lowest BCUT2D eigenvalue weighted by molar-refractivity contribution is -0.123. The van der Waals surface area contributed by atoms with E-state index in [1.807, 2.05) is 0 Å². The fourth-order valence-electron chi connectivity index (χ4n) is 2.44. The Morgan fingerprint density at radius 3 is 2.57 bits per heavy atom. The molecule has 0 heterocycles. The van der Waals surface area contributed by atoms with Crippen molar-refractivity contribution < 1.29 is 19.4 Å². The molecule has 0 bridgehead atoms. The van der Waals surface area contributed by atoms with E-state index < -0.39 is 29.6 Å². The lowest BCUT2D eigenvalue weighted by Gasteiger charge is -2.25. The Morgan fingerprint density at radius 2 is 2.04 bits per heavy atom. The molecule has 0 saturated carbocycles. The van der Waals surface area contributed by atoms with Crippen molar-refractivity contribution in [3.05, 3.63) is 35.6 Å².